The van der Waals surface area contributed by atoms with Crippen molar-refractivity contribution in [3.05, 3.63) is 94.0 Å². The van der Waals surface area contributed by atoms with E-state index in [2.05, 4.69) is 67.2 Å². The lowest BCUT2D eigenvalue weighted by Crippen LogP contribution is -2.78. The largest absolute Gasteiger partial charge is 0.492 e. The van der Waals surface area contributed by atoms with Crippen molar-refractivity contribution in [2.75, 3.05) is 51.2 Å². The number of rotatable bonds is 14. The van der Waals surface area contributed by atoms with Crippen LogP contribution in [0.3, 0.4) is 0 Å². The number of ether oxygens (including phenoxy) is 1. The van der Waals surface area contributed by atoms with Crippen molar-refractivity contribution in [2.45, 2.75) is 159 Å². The molecule has 112 heavy (non-hydrogen) atoms. The van der Waals surface area contributed by atoms with E-state index in [0.29, 0.717) is 30.0 Å². The van der Waals surface area contributed by atoms with Crippen molar-refractivity contribution < 1.29 is 96.5 Å². The highest BCUT2D eigenvalue weighted by molar-refractivity contribution is 6.07. The van der Waals surface area contributed by atoms with Crippen LogP contribution in [0.4, 0.5) is 18.9 Å². The molecule has 3 spiro atoms. The van der Waals surface area contributed by atoms with Gasteiger partial charge in [-0.15, -0.1) is 0 Å². The Morgan fingerprint density at radius 3 is 1.34 bits per heavy atom. The van der Waals surface area contributed by atoms with E-state index in [-0.39, 0.29) is 179 Å². The zero-order chi connectivity index (χ0) is 80.0. The minimum absolute atomic E-state index is 0.0201. The number of amides is 10. The fraction of sp³-hybridized carbons (Fsp3) is 0.493. The molecule has 17 rings (SSSR count). The molecule has 594 valence electrons. The Hall–Kier alpha value is -12.1. The number of carbonyl (C=O) groups is 10. The highest BCUT2D eigenvalue weighted by Gasteiger charge is 2.77. The number of carbonyl (C=O) groups excluding carboxylic acids is 10. The summed E-state index contributed by atoms with van der Waals surface area (Å²) in [4.78, 5) is 158. The molecule has 10 amide bonds. The third kappa shape index (κ3) is 11.9. The van der Waals surface area contributed by atoms with Gasteiger partial charge in [0.05, 0.1) is 61.9 Å². The summed E-state index contributed by atoms with van der Waals surface area (Å²) in [7, 11) is 0. The monoisotopic (exact) mass is 1560 g/mol. The zero-order valence-electron chi connectivity index (χ0n) is 59.1. The number of nitrogens with zero attached hydrogens (tertiary/aromatic N) is 12. The van der Waals surface area contributed by atoms with Crippen LogP contribution in [0.2, 0.25) is 0 Å². The van der Waals surface area contributed by atoms with Gasteiger partial charge in [-0.2, -0.15) is 13.2 Å². The van der Waals surface area contributed by atoms with Crippen molar-refractivity contribution >= 4 is 101 Å². The number of nitrogens with one attached hydrogen (secondary N) is 7. The van der Waals surface area contributed by atoms with Gasteiger partial charge in [-0.3, -0.25) is 62.6 Å². The molecule has 45 heteroatoms. The minimum atomic E-state index is -4.52. The Bertz CT molecular complexity index is 4740. The van der Waals surface area contributed by atoms with Crippen LogP contribution in [0.25, 0.3) is 0 Å². The number of alkyl halides is 3. The predicted octanol–water partition coefficient (Wildman–Crippen LogP) is -9.40. The van der Waals surface area contributed by atoms with Crippen LogP contribution in [0.5, 0.6) is 5.75 Å². The van der Waals surface area contributed by atoms with E-state index in [1.165, 1.54) is 26.8 Å². The van der Waals surface area contributed by atoms with Crippen LogP contribution >= 0.6 is 0 Å². The summed E-state index contributed by atoms with van der Waals surface area (Å²) in [6.07, 6.45) is -3.62. The summed E-state index contributed by atoms with van der Waals surface area (Å²) in [6.45, 7) is -0.563. The second kappa shape index (κ2) is 26.9. The van der Waals surface area contributed by atoms with Gasteiger partial charge < -0.3 is 122 Å². The third-order valence-corrected chi connectivity index (χ3v) is 22.8. The van der Waals surface area contributed by atoms with Crippen LogP contribution in [0, 0.1) is 0 Å². The van der Waals surface area contributed by atoms with Crippen LogP contribution in [0.1, 0.15) is 87.9 Å². The lowest BCUT2D eigenvalue weighted by atomic mass is 9.84. The lowest BCUT2D eigenvalue weighted by Gasteiger charge is -2.49. The molecule has 0 aromatic heterocycles. The number of guanidine groups is 6. The van der Waals surface area contributed by atoms with Crippen molar-refractivity contribution in [1.82, 2.24) is 61.3 Å². The van der Waals surface area contributed by atoms with E-state index in [9.17, 15) is 91.8 Å². The molecule has 3 aromatic rings. The van der Waals surface area contributed by atoms with Crippen LogP contribution < -0.4 is 76.4 Å². The maximum atomic E-state index is 13.3. The van der Waals surface area contributed by atoms with Gasteiger partial charge >= 0.3 is 6.18 Å². The van der Waals surface area contributed by atoms with Crippen molar-refractivity contribution in [3.63, 3.8) is 0 Å². The number of likely N-dealkylation sites (tertiary alicyclic amines) is 3. The van der Waals surface area contributed by atoms with E-state index < -0.39 is 130 Å². The summed E-state index contributed by atoms with van der Waals surface area (Å²) < 4.78 is 44.6. The van der Waals surface area contributed by atoms with Crippen LogP contribution in [-0.2, 0) is 63.8 Å². The smallest absolute Gasteiger partial charge is 0.416 e. The second-order valence-corrected chi connectivity index (χ2v) is 29.2. The topological polar surface area (TPSA) is 635 Å². The molecule has 14 heterocycles. The summed E-state index contributed by atoms with van der Waals surface area (Å²) in [5, 5.41) is 87.9. The quantitative estimate of drug-likeness (QED) is 0.0526. The molecule has 0 bridgehead atoms. The van der Waals surface area contributed by atoms with Crippen molar-refractivity contribution in [1.29, 1.82) is 0 Å². The number of aryl methyl sites for hydroxylation is 1. The molecule has 25 N–H and O–H groups in total. The number of nitrogens with two attached hydrogens (primary N) is 6. The average molecular weight is 1560 g/mol. The first-order valence-corrected chi connectivity index (χ1v) is 35.6. The fourth-order valence-corrected chi connectivity index (χ4v) is 17.5. The zero-order valence-corrected chi connectivity index (χ0v) is 59.1. The molecule has 14 aliphatic rings. The Balaban J connectivity index is 0.000000133. The minimum Gasteiger partial charge on any atom is -0.492 e. The van der Waals surface area contributed by atoms with Crippen LogP contribution in [-0.4, -0.2) is 289 Å². The number of para-hydroxylation sites is 1. The van der Waals surface area contributed by atoms with E-state index >= 15 is 0 Å². The summed E-state index contributed by atoms with van der Waals surface area (Å²) in [5.41, 5.74) is 32.9. The van der Waals surface area contributed by atoms with Gasteiger partial charge in [0.2, 0.25) is 64.6 Å². The maximum absolute atomic E-state index is 13.3. The van der Waals surface area contributed by atoms with Gasteiger partial charge in [0.25, 0.3) is 11.8 Å². The molecule has 6 unspecified atom stereocenters. The Kier molecular flexibility index (Phi) is 18.1. The number of aliphatic imine (C=N–C) groups is 6. The Morgan fingerprint density at radius 2 is 0.911 bits per heavy atom. The Labute approximate surface area is 630 Å². The first-order valence-electron chi connectivity index (χ1n) is 35.6. The van der Waals surface area contributed by atoms with Crippen molar-refractivity contribution in [2.24, 2.45) is 64.4 Å². The predicted molar refractivity (Wildman–Crippen MR) is 378 cm³/mol. The van der Waals surface area contributed by atoms with E-state index in [0.717, 1.165) is 32.4 Å². The second-order valence-electron chi connectivity index (χ2n) is 29.2. The molecule has 14 aliphatic heterocycles. The fourth-order valence-electron chi connectivity index (χ4n) is 17.5. The molecule has 0 saturated carbocycles. The number of anilines is 1. The maximum Gasteiger partial charge on any atom is 0.416 e. The number of hydrogen-bond donors (Lipinski definition) is 19. The highest BCUT2D eigenvalue weighted by Crippen LogP contribution is 2.49. The first kappa shape index (κ1) is 75.3. The normalized spacial score (nSPS) is 30.8. The lowest BCUT2D eigenvalue weighted by molar-refractivity contribution is -0.232. The third-order valence-electron chi connectivity index (χ3n) is 22.8. The molecule has 6 fully saturated rings. The molecular weight excluding hydrogens is 1480 g/mol. The number of aliphatic hydroxyl groups is 6. The van der Waals surface area contributed by atoms with Gasteiger partial charge in [0.15, 0.2) is 52.7 Å². The number of fused-ring (bicyclic) bond motifs is 2. The van der Waals surface area contributed by atoms with Gasteiger partial charge in [-0.1, -0.05) is 36.4 Å². The van der Waals surface area contributed by atoms with Gasteiger partial charge in [-0.25, -0.2) is 30.0 Å². The Morgan fingerprint density at radius 1 is 0.518 bits per heavy atom. The summed E-state index contributed by atoms with van der Waals surface area (Å²) in [6, 6.07) is 4.80. The number of halogens is 3. The molecule has 3 aromatic carbocycles. The average Bonchev–Trinajstić information content (AvgIpc) is 1.54. The van der Waals surface area contributed by atoms with E-state index in [1.54, 1.807) is 30.3 Å². The summed E-state index contributed by atoms with van der Waals surface area (Å²) >= 11 is 0. The molecule has 12 atom stereocenters. The molecular formula is C67H78F3N25O17. The standard InChI is InChI=1S/C23H27F3N8O5.C22H25N9O6.C22H26N8O6/c24-23(25,26)12-3-1-2-11(8-12)4-5-15(35)30-14-10-34-20(28)29-13(9-33-16(36)6-7-17(33)37)18-21(34,22(14,38)39)32-19(27)31-18;23-19-28-17-12(7-30-15(33)4-5-16(30)34)26-20(24)31-8-13(22(36,37)21(17,31)29-19)27-18(35)9-2-1-3-11-10(9)6-14(32)25-11;23-19-27-17-12(8-29-14(31)4-5-15(29)32)25-20(24)30-9-13(22(34,35)21(17,30)28-19)26-18(33)11-3-1-2-10-6-7-36-16(10)11/h1-3,8,13-14,18,38-39H,4-7,9-10H2,(H2,28,29)(H,30,35)(H3,27,31,32);1-3,12-13,17,36-37H,4-8H2,(H2,24,26)(H,25,32)(H,27,35)(H3,23,28,29);1-3,12-13,17,34-35H,4-9H2,(H2,24,25)(H,26,33)(H3,23,27,28)/t13?,14?,18-,21-;2*12?,13?,17-,21-/m000/s1. The molecule has 0 radical (unpaired) electrons. The number of hydrogen-bond acceptors (Lipinski definition) is 35. The van der Waals surface area contributed by atoms with E-state index in [1.807, 2.05) is 6.07 Å². The SMILES string of the molecule is NC1=N[C@H]2C(CN3C(=O)CCC3=O)N=C(N)N3CC(NC(=O)CCc4cccc(C(F)(F)F)c4)C(O)(O)[C@]23N1.NC1=N[C@H]2C(CN3C(=O)CCC3=O)N=C(N)N3CC(NC(=O)c4cccc5c4CC(=O)N5)C(O)(O)[C@]23N1.NC1=N[C@H]2C(CN3C(=O)CCC3=O)N=C(N)N3CC(NC(=O)c4cccc5c4OCC5)C(O)(O)[C@]23N1. The number of imide groups is 3. The molecule has 0 aliphatic carbocycles. The number of benzene rings is 3. The van der Waals surface area contributed by atoms with Gasteiger partial charge in [0.1, 0.15) is 42.0 Å². The van der Waals surface area contributed by atoms with Gasteiger partial charge in [-0.05, 0) is 47.4 Å². The van der Waals surface area contributed by atoms with Crippen molar-refractivity contribution in [3.8, 4) is 5.75 Å². The first-order chi connectivity index (χ1) is 52.9. The van der Waals surface area contributed by atoms with Gasteiger partial charge in [0, 0.05) is 82.3 Å². The summed E-state index contributed by atoms with van der Waals surface area (Å²) in [5.74, 6) is -12.5. The molecule has 6 saturated heterocycles. The van der Waals surface area contributed by atoms with E-state index in [4.69, 9.17) is 39.1 Å². The molecule has 42 nitrogen and oxygen atoms in total. The van der Waals surface area contributed by atoms with Crippen LogP contribution in [0.15, 0.2) is 90.6 Å². The highest BCUT2D eigenvalue weighted by atomic mass is 19.4.